The molecule has 0 aliphatic carbocycles. The van der Waals surface area contributed by atoms with Crippen molar-refractivity contribution < 1.29 is 0 Å². The van der Waals surface area contributed by atoms with Crippen molar-refractivity contribution in [3.8, 4) is 11.3 Å². The number of rotatable bonds is 3. The van der Waals surface area contributed by atoms with Crippen molar-refractivity contribution in [1.82, 2.24) is 20.0 Å². The van der Waals surface area contributed by atoms with E-state index in [1.807, 2.05) is 26.4 Å². The third-order valence-corrected chi connectivity index (χ3v) is 2.85. The highest BCUT2D eigenvalue weighted by atomic mass is 15.2. The average molecular weight is 231 g/mol. The van der Waals surface area contributed by atoms with E-state index >= 15 is 0 Å². The van der Waals surface area contributed by atoms with Gasteiger partial charge in [-0.25, -0.2) is 0 Å². The number of hydrogen-bond donors (Lipinski definition) is 1. The van der Waals surface area contributed by atoms with Crippen LogP contribution in [0.5, 0.6) is 0 Å². The molecule has 0 amide bonds. The summed E-state index contributed by atoms with van der Waals surface area (Å²) in [6.07, 6.45) is 3.76. The Morgan fingerprint density at radius 1 is 1.24 bits per heavy atom. The van der Waals surface area contributed by atoms with Gasteiger partial charge >= 0.3 is 0 Å². The molecule has 0 spiro atoms. The van der Waals surface area contributed by atoms with Crippen LogP contribution in [-0.2, 0) is 7.05 Å². The summed E-state index contributed by atoms with van der Waals surface area (Å²) in [5.74, 6) is 0.859. The van der Waals surface area contributed by atoms with Crippen LogP contribution < -0.4 is 5.32 Å². The van der Waals surface area contributed by atoms with Gasteiger partial charge in [0.2, 0.25) is 0 Å². The molecule has 2 rings (SSSR count). The molecule has 0 atom stereocenters. The fourth-order valence-corrected chi connectivity index (χ4v) is 1.76. The number of anilines is 1. The van der Waals surface area contributed by atoms with Crippen LogP contribution in [0.25, 0.3) is 11.3 Å². The number of nitrogens with zero attached hydrogens (tertiary/aromatic N) is 4. The number of aryl methyl sites for hydroxylation is 1. The summed E-state index contributed by atoms with van der Waals surface area (Å²) in [4.78, 5) is 0. The van der Waals surface area contributed by atoms with Gasteiger partial charge in [-0.15, -0.1) is 10.2 Å². The minimum Gasteiger partial charge on any atom is -0.369 e. The summed E-state index contributed by atoms with van der Waals surface area (Å²) >= 11 is 0. The number of hydrogen-bond acceptors (Lipinski definition) is 4. The lowest BCUT2D eigenvalue weighted by molar-refractivity contribution is 0.768. The minimum atomic E-state index is 0.848. The zero-order valence-electron chi connectivity index (χ0n) is 10.7. The van der Waals surface area contributed by atoms with Crippen molar-refractivity contribution in [2.45, 2.75) is 20.8 Å². The molecule has 0 bridgehead atoms. The first kappa shape index (κ1) is 11.6. The first-order chi connectivity index (χ1) is 8.13. The molecular formula is C12H17N5. The molecule has 0 aromatic carbocycles. The Bertz CT molecular complexity index is 530. The van der Waals surface area contributed by atoms with Crippen LogP contribution in [0.2, 0.25) is 0 Å². The van der Waals surface area contributed by atoms with Gasteiger partial charge in [-0.1, -0.05) is 0 Å². The van der Waals surface area contributed by atoms with Gasteiger partial charge in [0.1, 0.15) is 0 Å². The standard InChI is InChI=1S/C12H17N5/c1-5-13-12-9(3)8(2)11(15-16-12)10-6-14-17(4)7-10/h6-7H,5H2,1-4H3,(H,13,16). The molecule has 5 heteroatoms. The van der Waals surface area contributed by atoms with Crippen LogP contribution in [0.3, 0.4) is 0 Å². The Labute approximate surface area is 101 Å². The van der Waals surface area contributed by atoms with Gasteiger partial charge in [-0.3, -0.25) is 4.68 Å². The van der Waals surface area contributed by atoms with Crippen molar-refractivity contribution in [3.05, 3.63) is 23.5 Å². The summed E-state index contributed by atoms with van der Waals surface area (Å²) in [6, 6.07) is 0. The van der Waals surface area contributed by atoms with E-state index in [0.29, 0.717) is 0 Å². The Hall–Kier alpha value is -1.91. The maximum atomic E-state index is 4.28. The van der Waals surface area contributed by atoms with E-state index in [1.54, 1.807) is 4.68 Å². The average Bonchev–Trinajstić information content (AvgIpc) is 2.72. The fourth-order valence-electron chi connectivity index (χ4n) is 1.76. The van der Waals surface area contributed by atoms with Gasteiger partial charge in [0.25, 0.3) is 0 Å². The van der Waals surface area contributed by atoms with Crippen molar-refractivity contribution >= 4 is 5.82 Å². The molecule has 17 heavy (non-hydrogen) atoms. The Balaban J connectivity index is 2.47. The van der Waals surface area contributed by atoms with E-state index in [0.717, 1.165) is 34.7 Å². The lowest BCUT2D eigenvalue weighted by Gasteiger charge is -2.10. The summed E-state index contributed by atoms with van der Waals surface area (Å²) in [7, 11) is 1.89. The molecule has 0 saturated carbocycles. The summed E-state index contributed by atoms with van der Waals surface area (Å²) in [6.45, 7) is 7.02. The molecule has 0 aliphatic heterocycles. The number of nitrogens with one attached hydrogen (secondary N) is 1. The quantitative estimate of drug-likeness (QED) is 0.877. The maximum Gasteiger partial charge on any atom is 0.151 e. The molecule has 1 N–H and O–H groups in total. The Kier molecular flexibility index (Phi) is 3.08. The highest BCUT2D eigenvalue weighted by Crippen LogP contribution is 2.25. The highest BCUT2D eigenvalue weighted by Gasteiger charge is 2.11. The second-order valence-electron chi connectivity index (χ2n) is 4.08. The zero-order valence-corrected chi connectivity index (χ0v) is 10.7. The highest BCUT2D eigenvalue weighted by molar-refractivity contribution is 5.65. The van der Waals surface area contributed by atoms with Crippen LogP contribution in [0, 0.1) is 13.8 Å². The third-order valence-electron chi connectivity index (χ3n) is 2.85. The van der Waals surface area contributed by atoms with Crippen molar-refractivity contribution in [1.29, 1.82) is 0 Å². The van der Waals surface area contributed by atoms with E-state index < -0.39 is 0 Å². The van der Waals surface area contributed by atoms with Gasteiger partial charge < -0.3 is 5.32 Å². The van der Waals surface area contributed by atoms with Gasteiger partial charge in [0.05, 0.1) is 11.9 Å². The molecule has 90 valence electrons. The zero-order chi connectivity index (χ0) is 12.4. The first-order valence-electron chi connectivity index (χ1n) is 5.70. The van der Waals surface area contributed by atoms with Crippen LogP contribution in [-0.4, -0.2) is 26.5 Å². The first-order valence-corrected chi connectivity index (χ1v) is 5.70. The van der Waals surface area contributed by atoms with Crippen molar-refractivity contribution in [2.75, 3.05) is 11.9 Å². The molecule has 0 saturated heterocycles. The normalized spacial score (nSPS) is 10.6. The lowest BCUT2D eigenvalue weighted by Crippen LogP contribution is -2.05. The topological polar surface area (TPSA) is 55.6 Å². The Morgan fingerprint density at radius 3 is 2.59 bits per heavy atom. The van der Waals surface area contributed by atoms with Crippen LogP contribution >= 0.6 is 0 Å². The van der Waals surface area contributed by atoms with E-state index in [-0.39, 0.29) is 0 Å². The van der Waals surface area contributed by atoms with Crippen LogP contribution in [0.15, 0.2) is 12.4 Å². The van der Waals surface area contributed by atoms with Gasteiger partial charge in [-0.05, 0) is 31.9 Å². The second-order valence-corrected chi connectivity index (χ2v) is 4.08. The molecule has 2 aromatic rings. The smallest absolute Gasteiger partial charge is 0.151 e. The molecule has 5 nitrogen and oxygen atoms in total. The predicted molar refractivity (Wildman–Crippen MR) is 67.9 cm³/mol. The van der Waals surface area contributed by atoms with E-state index in [9.17, 15) is 0 Å². The summed E-state index contributed by atoms with van der Waals surface area (Å²) in [5, 5.41) is 15.9. The second kappa shape index (κ2) is 4.53. The maximum absolute atomic E-state index is 4.28. The monoisotopic (exact) mass is 231 g/mol. The predicted octanol–water partition coefficient (Wildman–Crippen LogP) is 1.93. The van der Waals surface area contributed by atoms with Gasteiger partial charge in [0, 0.05) is 25.4 Å². The molecular weight excluding hydrogens is 214 g/mol. The largest absolute Gasteiger partial charge is 0.369 e. The SMILES string of the molecule is CCNc1nnc(-c2cnn(C)c2)c(C)c1C. The summed E-state index contributed by atoms with van der Waals surface area (Å²) < 4.78 is 1.77. The van der Waals surface area contributed by atoms with Gasteiger partial charge in [-0.2, -0.15) is 5.10 Å². The van der Waals surface area contributed by atoms with E-state index in [2.05, 4.69) is 34.5 Å². The fraction of sp³-hybridized carbons (Fsp3) is 0.417. The summed E-state index contributed by atoms with van der Waals surface area (Å²) in [5.41, 5.74) is 4.19. The van der Waals surface area contributed by atoms with E-state index in [1.165, 1.54) is 0 Å². The lowest BCUT2D eigenvalue weighted by atomic mass is 10.1. The van der Waals surface area contributed by atoms with Gasteiger partial charge in [0.15, 0.2) is 5.82 Å². The van der Waals surface area contributed by atoms with E-state index in [4.69, 9.17) is 0 Å². The van der Waals surface area contributed by atoms with Crippen LogP contribution in [0.4, 0.5) is 5.82 Å². The molecule has 0 fully saturated rings. The third kappa shape index (κ3) is 2.13. The Morgan fingerprint density at radius 2 is 2.00 bits per heavy atom. The molecule has 0 aliphatic rings. The minimum absolute atomic E-state index is 0.848. The van der Waals surface area contributed by atoms with Crippen molar-refractivity contribution in [2.24, 2.45) is 7.05 Å². The molecule has 0 radical (unpaired) electrons. The molecule has 2 heterocycles. The molecule has 2 aromatic heterocycles. The van der Waals surface area contributed by atoms with Crippen LogP contribution in [0.1, 0.15) is 18.1 Å². The molecule has 0 unspecified atom stereocenters. The number of aromatic nitrogens is 4. The van der Waals surface area contributed by atoms with Crippen molar-refractivity contribution in [3.63, 3.8) is 0 Å².